The molecule has 18 nitrogen and oxygen atoms in total. The van der Waals surface area contributed by atoms with E-state index in [-0.39, 0.29) is 46.4 Å². The lowest BCUT2D eigenvalue weighted by atomic mass is 9.92. The number of amides is 4. The summed E-state index contributed by atoms with van der Waals surface area (Å²) in [7, 11) is 2.89. The first-order valence-electron chi connectivity index (χ1n) is 21.5. The van der Waals surface area contributed by atoms with E-state index in [4.69, 9.17) is 18.9 Å². The minimum Gasteiger partial charge on any atom is -0.493 e. The standard InChI is InChI=1S/C26H27FN4O5S.C22H27FN4O5S/c1-16-14-20-21(27)15-22(35-3)25(36-4)23(20)24(29-31(16)26(32)28-2)17-10-12-18(13-11-17)30-37(33,34)19-8-6-5-7-9-19;1-13-11-16-17(23)12-18(31-4)21(32-5)19(16)20(25-27(13)22(28)24-2)14-7-9-15(10-8-14)26(3)33(6,29)30/h5-13,15-16,30H,14H2,1-4H3,(H,28,32);7-10,12-13H,11H2,1-6H3,(H,24,28). The molecule has 70 heavy (non-hydrogen) atoms. The van der Waals surface area contributed by atoms with Crippen LogP contribution in [0.1, 0.15) is 47.2 Å². The number of benzene rings is 5. The molecule has 5 aromatic rings. The molecule has 3 N–H and O–H groups in total. The van der Waals surface area contributed by atoms with E-state index in [9.17, 15) is 26.4 Å². The van der Waals surface area contributed by atoms with Gasteiger partial charge in [-0.05, 0) is 63.1 Å². The smallest absolute Gasteiger partial charge is 0.337 e. The fourth-order valence-corrected chi connectivity index (χ4v) is 9.42. The number of fused-ring (bicyclic) bond motifs is 2. The highest BCUT2D eigenvalue weighted by molar-refractivity contribution is 7.92. The van der Waals surface area contributed by atoms with E-state index in [0.717, 1.165) is 10.6 Å². The van der Waals surface area contributed by atoms with Crippen molar-refractivity contribution in [3.63, 3.8) is 0 Å². The number of rotatable bonds is 11. The summed E-state index contributed by atoms with van der Waals surface area (Å²) in [5.74, 6) is -0.0864. The predicted molar refractivity (Wildman–Crippen MR) is 263 cm³/mol. The first-order valence-corrected chi connectivity index (χ1v) is 24.9. The zero-order valence-corrected chi connectivity index (χ0v) is 41.8. The van der Waals surface area contributed by atoms with E-state index in [1.807, 2.05) is 0 Å². The van der Waals surface area contributed by atoms with Crippen LogP contribution in [0.3, 0.4) is 0 Å². The number of hydrogen-bond donors (Lipinski definition) is 3. The van der Waals surface area contributed by atoms with Crippen molar-refractivity contribution >= 4 is 54.9 Å². The molecule has 2 atom stereocenters. The third-order valence-electron chi connectivity index (χ3n) is 11.5. The summed E-state index contributed by atoms with van der Waals surface area (Å²) in [6.07, 6.45) is 1.48. The number of methoxy groups -OCH3 is 4. The van der Waals surface area contributed by atoms with Crippen molar-refractivity contribution in [2.75, 3.05) is 64.9 Å². The van der Waals surface area contributed by atoms with Crippen LogP contribution < -0.4 is 38.6 Å². The Hall–Kier alpha value is -7.46. The first-order chi connectivity index (χ1) is 33.2. The van der Waals surface area contributed by atoms with Crippen molar-refractivity contribution in [1.82, 2.24) is 20.7 Å². The number of ether oxygens (including phenoxy) is 4. The van der Waals surface area contributed by atoms with E-state index in [1.54, 1.807) is 80.6 Å². The van der Waals surface area contributed by atoms with Crippen LogP contribution in [0.4, 0.5) is 29.7 Å². The third kappa shape index (κ3) is 10.7. The van der Waals surface area contributed by atoms with Crippen molar-refractivity contribution in [1.29, 1.82) is 0 Å². The molecule has 0 aromatic heterocycles. The summed E-state index contributed by atoms with van der Waals surface area (Å²) in [5.41, 5.74) is 3.77. The maximum atomic E-state index is 15.3. The van der Waals surface area contributed by atoms with Gasteiger partial charge >= 0.3 is 12.1 Å². The van der Waals surface area contributed by atoms with E-state index < -0.39 is 55.8 Å². The molecule has 0 radical (unpaired) electrons. The van der Waals surface area contributed by atoms with E-state index in [1.165, 1.54) is 83.9 Å². The second-order valence-corrected chi connectivity index (χ2v) is 19.7. The van der Waals surface area contributed by atoms with Crippen LogP contribution in [0.5, 0.6) is 23.0 Å². The second-order valence-electron chi connectivity index (χ2n) is 16.0. The minimum atomic E-state index is -3.79. The molecule has 372 valence electrons. The quantitative estimate of drug-likeness (QED) is 0.130. The monoisotopic (exact) mass is 1000 g/mol. The largest absolute Gasteiger partial charge is 0.493 e. The van der Waals surface area contributed by atoms with Gasteiger partial charge in [0, 0.05) is 61.2 Å². The van der Waals surface area contributed by atoms with Gasteiger partial charge in [-0.15, -0.1) is 0 Å². The number of hydrazone groups is 2. The van der Waals surface area contributed by atoms with Gasteiger partial charge in [0.1, 0.15) is 23.1 Å². The van der Waals surface area contributed by atoms with Crippen LogP contribution in [-0.4, -0.2) is 118 Å². The molecule has 22 heteroatoms. The third-order valence-corrected chi connectivity index (χ3v) is 14.1. The van der Waals surface area contributed by atoms with Crippen molar-refractivity contribution in [2.24, 2.45) is 10.2 Å². The molecule has 2 aliphatic rings. The van der Waals surface area contributed by atoms with Gasteiger partial charge in [-0.25, -0.2) is 45.2 Å². The molecule has 7 rings (SSSR count). The Labute approximate surface area is 406 Å². The Bertz CT molecular complexity index is 3050. The Balaban J connectivity index is 0.000000231. The number of carbonyl (C=O) groups excluding carboxylic acids is 2. The van der Waals surface area contributed by atoms with Crippen molar-refractivity contribution in [2.45, 2.75) is 43.7 Å². The van der Waals surface area contributed by atoms with Gasteiger partial charge in [0.05, 0.1) is 68.5 Å². The zero-order valence-electron chi connectivity index (χ0n) is 40.1. The number of halogens is 2. The van der Waals surface area contributed by atoms with Crippen LogP contribution in [0.2, 0.25) is 0 Å². The first kappa shape index (κ1) is 51.9. The number of sulfonamides is 2. The second kappa shape index (κ2) is 21.5. The summed E-state index contributed by atoms with van der Waals surface area (Å²) in [5, 5.41) is 16.8. The summed E-state index contributed by atoms with van der Waals surface area (Å²) in [6, 6.07) is 21.6. The van der Waals surface area contributed by atoms with Gasteiger partial charge in [-0.1, -0.05) is 42.5 Å². The van der Waals surface area contributed by atoms with Crippen molar-refractivity contribution in [3.8, 4) is 23.0 Å². The number of anilines is 2. The average molecular weight is 1010 g/mol. The molecule has 0 spiro atoms. The highest BCUT2D eigenvalue weighted by atomic mass is 32.2. The molecule has 2 heterocycles. The lowest BCUT2D eigenvalue weighted by molar-refractivity contribution is 0.183. The summed E-state index contributed by atoms with van der Waals surface area (Å²) in [4.78, 5) is 25.3. The van der Waals surface area contributed by atoms with Crippen molar-refractivity contribution < 1.29 is 54.2 Å². The van der Waals surface area contributed by atoms with Crippen molar-refractivity contribution in [3.05, 3.63) is 136 Å². The summed E-state index contributed by atoms with van der Waals surface area (Å²) >= 11 is 0. The Kier molecular flexibility index (Phi) is 15.9. The molecular formula is C48H54F2N8O10S2. The summed E-state index contributed by atoms with van der Waals surface area (Å²) in [6.45, 7) is 3.54. The topological polar surface area (TPSA) is 210 Å². The lowest BCUT2D eigenvalue weighted by Gasteiger charge is -2.22. The molecule has 5 aromatic carbocycles. The fraction of sp³-hybridized carbons (Fsp3) is 0.292. The molecular weight excluding hydrogens is 951 g/mol. The Morgan fingerprint density at radius 3 is 1.44 bits per heavy atom. The highest BCUT2D eigenvalue weighted by Gasteiger charge is 2.35. The molecule has 2 aliphatic heterocycles. The number of carbonyl (C=O) groups is 2. The molecule has 0 aliphatic carbocycles. The van der Waals surface area contributed by atoms with E-state index >= 15 is 8.78 Å². The fourth-order valence-electron chi connectivity index (χ4n) is 7.83. The number of urea groups is 2. The zero-order chi connectivity index (χ0) is 51.2. The van der Waals surface area contributed by atoms with Gasteiger partial charge in [-0.3, -0.25) is 9.03 Å². The minimum absolute atomic E-state index is 0.128. The van der Waals surface area contributed by atoms with Gasteiger partial charge in [0.25, 0.3) is 10.0 Å². The highest BCUT2D eigenvalue weighted by Crippen LogP contribution is 2.41. The normalized spacial score (nSPS) is 15.5. The molecule has 4 amide bonds. The van der Waals surface area contributed by atoms with Gasteiger partial charge in [0.15, 0.2) is 23.0 Å². The number of nitrogens with one attached hydrogen (secondary N) is 3. The maximum absolute atomic E-state index is 15.3. The number of hydrogen-bond acceptors (Lipinski definition) is 12. The molecule has 0 fully saturated rings. The average Bonchev–Trinajstić information content (AvgIpc) is 3.61. The molecule has 0 saturated heterocycles. The van der Waals surface area contributed by atoms with Gasteiger partial charge < -0.3 is 29.6 Å². The van der Waals surface area contributed by atoms with Gasteiger partial charge in [0.2, 0.25) is 10.0 Å². The van der Waals surface area contributed by atoms with Crippen LogP contribution in [0, 0.1) is 11.6 Å². The summed E-state index contributed by atoms with van der Waals surface area (Å²) < 4.78 is 105. The van der Waals surface area contributed by atoms with Crippen LogP contribution >= 0.6 is 0 Å². The SMILES string of the molecule is CNC(=O)N1N=C(c2ccc(N(C)S(C)(=O)=O)cc2)c2c(c(F)cc(OC)c2OC)CC1C.CNC(=O)N1N=C(c2ccc(NS(=O)(=O)c3ccccc3)cc2)c2c(c(F)cc(OC)c2OC)CC1C. The van der Waals surface area contributed by atoms with Crippen LogP contribution in [0.25, 0.3) is 0 Å². The van der Waals surface area contributed by atoms with Gasteiger partial charge in [-0.2, -0.15) is 10.2 Å². The molecule has 0 bridgehead atoms. The van der Waals surface area contributed by atoms with Crippen LogP contribution in [0.15, 0.2) is 106 Å². The Morgan fingerprint density at radius 2 is 1.07 bits per heavy atom. The molecule has 2 unspecified atom stereocenters. The van der Waals surface area contributed by atoms with Crippen LogP contribution in [-0.2, 0) is 32.9 Å². The lowest BCUT2D eigenvalue weighted by Crippen LogP contribution is -2.41. The van der Waals surface area contributed by atoms with E-state index in [0.29, 0.717) is 50.5 Å². The molecule has 0 saturated carbocycles. The van der Waals surface area contributed by atoms with E-state index in [2.05, 4.69) is 25.6 Å². The predicted octanol–water partition coefficient (Wildman–Crippen LogP) is 6.56. The number of nitrogens with zero attached hydrogens (tertiary/aromatic N) is 5. The maximum Gasteiger partial charge on any atom is 0.337 e. The Morgan fingerprint density at radius 1 is 0.657 bits per heavy atom.